The molecule has 0 bridgehead atoms. The van der Waals surface area contributed by atoms with Crippen LogP contribution in [0.5, 0.6) is 0 Å². The third-order valence-electron chi connectivity index (χ3n) is 5.37. The molecule has 0 aromatic heterocycles. The zero-order valence-corrected chi connectivity index (χ0v) is 14.1. The number of hydrogen-bond donors (Lipinski definition) is 2. The van der Waals surface area contributed by atoms with Gasteiger partial charge in [-0.2, -0.15) is 0 Å². The van der Waals surface area contributed by atoms with Crippen LogP contribution in [0.3, 0.4) is 0 Å². The van der Waals surface area contributed by atoms with Crippen molar-refractivity contribution in [1.82, 2.24) is 10.2 Å². The zero-order valence-electron chi connectivity index (χ0n) is 14.1. The van der Waals surface area contributed by atoms with E-state index in [2.05, 4.69) is 24.1 Å². The van der Waals surface area contributed by atoms with Gasteiger partial charge in [-0.3, -0.25) is 10.1 Å². The summed E-state index contributed by atoms with van der Waals surface area (Å²) in [5.74, 6) is -0.668. The summed E-state index contributed by atoms with van der Waals surface area (Å²) in [7, 11) is 0. The number of carboxylic acid groups (broad SMARTS) is 1. The van der Waals surface area contributed by atoms with E-state index in [9.17, 15) is 9.90 Å². The summed E-state index contributed by atoms with van der Waals surface area (Å²) in [5.41, 5.74) is -0.269. The predicted molar refractivity (Wildman–Crippen MR) is 85.5 cm³/mol. The number of rotatable bonds is 4. The minimum absolute atomic E-state index is 0.208. The number of carboxylic acids is 1. The van der Waals surface area contributed by atoms with Gasteiger partial charge < -0.3 is 10.0 Å². The lowest BCUT2D eigenvalue weighted by Gasteiger charge is -2.47. The molecule has 0 spiro atoms. The van der Waals surface area contributed by atoms with Gasteiger partial charge in [-0.25, -0.2) is 0 Å². The highest BCUT2D eigenvalue weighted by atomic mass is 16.4. The van der Waals surface area contributed by atoms with E-state index in [0.29, 0.717) is 11.5 Å². The predicted octanol–water partition coefficient (Wildman–Crippen LogP) is 2.87. The molecule has 1 heterocycles. The molecule has 0 aromatic rings. The Morgan fingerprint density at radius 2 is 1.86 bits per heavy atom. The molecule has 4 nitrogen and oxygen atoms in total. The summed E-state index contributed by atoms with van der Waals surface area (Å²) in [6.07, 6.45) is 6.12. The summed E-state index contributed by atoms with van der Waals surface area (Å²) in [6, 6.07) is 0.636. The van der Waals surface area contributed by atoms with Crippen molar-refractivity contribution < 1.29 is 9.90 Å². The van der Waals surface area contributed by atoms with Gasteiger partial charge >= 0.3 is 5.97 Å². The number of piperidine rings is 1. The molecule has 1 saturated carbocycles. The summed E-state index contributed by atoms with van der Waals surface area (Å²) in [5, 5.41) is 13.1. The fraction of sp³-hybridized carbons (Fsp3) is 0.941. The molecule has 0 radical (unpaired) electrons. The molecule has 2 atom stereocenters. The molecule has 21 heavy (non-hydrogen) atoms. The second kappa shape index (κ2) is 6.25. The van der Waals surface area contributed by atoms with E-state index in [-0.39, 0.29) is 6.04 Å². The van der Waals surface area contributed by atoms with Crippen LogP contribution >= 0.6 is 0 Å². The highest BCUT2D eigenvalue weighted by molar-refractivity contribution is 5.79. The van der Waals surface area contributed by atoms with Crippen LogP contribution < -0.4 is 5.32 Å². The Labute approximate surface area is 129 Å². The van der Waals surface area contributed by atoms with Crippen molar-refractivity contribution in [1.29, 1.82) is 0 Å². The van der Waals surface area contributed by atoms with Gasteiger partial charge in [0.15, 0.2) is 0 Å². The standard InChI is InChI=1S/C17H32N2O2/c1-13(2)18-17(15(20)21)7-5-6-14(12-17)19-10-8-16(3,4)9-11-19/h13-14,18H,5-12H2,1-4H3,(H,20,21). The molecule has 0 amide bonds. The molecule has 2 N–H and O–H groups in total. The Morgan fingerprint density at radius 3 is 2.38 bits per heavy atom. The molecule has 2 rings (SSSR count). The molecular weight excluding hydrogens is 264 g/mol. The summed E-state index contributed by atoms with van der Waals surface area (Å²) in [6.45, 7) is 11.0. The Balaban J connectivity index is 2.04. The molecule has 122 valence electrons. The first kappa shape index (κ1) is 16.8. The van der Waals surface area contributed by atoms with Gasteiger partial charge in [0.05, 0.1) is 0 Å². The van der Waals surface area contributed by atoms with E-state index < -0.39 is 11.5 Å². The maximum atomic E-state index is 11.9. The van der Waals surface area contributed by atoms with Crippen molar-refractivity contribution in [2.24, 2.45) is 5.41 Å². The van der Waals surface area contributed by atoms with Gasteiger partial charge in [0.25, 0.3) is 0 Å². The lowest BCUT2D eigenvalue weighted by molar-refractivity contribution is -0.148. The minimum Gasteiger partial charge on any atom is -0.480 e. The normalized spacial score (nSPS) is 34.0. The van der Waals surface area contributed by atoms with Gasteiger partial charge in [0, 0.05) is 12.1 Å². The molecule has 1 aliphatic heterocycles. The molecular formula is C17H32N2O2. The third-order valence-corrected chi connectivity index (χ3v) is 5.37. The fourth-order valence-electron chi connectivity index (χ4n) is 3.99. The Morgan fingerprint density at radius 1 is 1.24 bits per heavy atom. The number of nitrogens with zero attached hydrogens (tertiary/aromatic N) is 1. The largest absolute Gasteiger partial charge is 0.480 e. The van der Waals surface area contributed by atoms with E-state index in [0.717, 1.165) is 38.8 Å². The highest BCUT2D eigenvalue weighted by Gasteiger charge is 2.45. The van der Waals surface area contributed by atoms with Crippen LogP contribution in [0.1, 0.15) is 66.2 Å². The van der Waals surface area contributed by atoms with Gasteiger partial charge in [-0.05, 0) is 70.9 Å². The van der Waals surface area contributed by atoms with Crippen LogP contribution in [0.25, 0.3) is 0 Å². The molecule has 1 aliphatic carbocycles. The van der Waals surface area contributed by atoms with Crippen molar-refractivity contribution >= 4 is 5.97 Å². The van der Waals surface area contributed by atoms with Crippen molar-refractivity contribution in [3.63, 3.8) is 0 Å². The van der Waals surface area contributed by atoms with E-state index in [1.807, 2.05) is 13.8 Å². The van der Waals surface area contributed by atoms with Crippen LogP contribution in [-0.4, -0.2) is 46.7 Å². The fourth-order valence-corrected chi connectivity index (χ4v) is 3.99. The number of likely N-dealkylation sites (tertiary alicyclic amines) is 1. The van der Waals surface area contributed by atoms with Crippen LogP contribution in [-0.2, 0) is 4.79 Å². The van der Waals surface area contributed by atoms with Gasteiger partial charge in [0.2, 0.25) is 0 Å². The smallest absolute Gasteiger partial charge is 0.323 e. The topological polar surface area (TPSA) is 52.6 Å². The number of carbonyl (C=O) groups is 1. The Hall–Kier alpha value is -0.610. The molecule has 2 unspecified atom stereocenters. The van der Waals surface area contributed by atoms with Crippen molar-refractivity contribution in [2.75, 3.05) is 13.1 Å². The number of aliphatic carboxylic acids is 1. The number of nitrogens with one attached hydrogen (secondary N) is 1. The van der Waals surface area contributed by atoms with Crippen LogP contribution in [0.2, 0.25) is 0 Å². The second-order valence-corrected chi connectivity index (χ2v) is 8.14. The first-order valence-electron chi connectivity index (χ1n) is 8.49. The first-order valence-corrected chi connectivity index (χ1v) is 8.49. The van der Waals surface area contributed by atoms with Gasteiger partial charge in [-0.1, -0.05) is 13.8 Å². The molecule has 4 heteroatoms. The monoisotopic (exact) mass is 296 g/mol. The van der Waals surface area contributed by atoms with E-state index in [1.54, 1.807) is 0 Å². The van der Waals surface area contributed by atoms with Crippen LogP contribution in [0.4, 0.5) is 0 Å². The zero-order chi connectivity index (χ0) is 15.7. The molecule has 0 aromatic carbocycles. The van der Waals surface area contributed by atoms with E-state index in [4.69, 9.17) is 0 Å². The minimum atomic E-state index is -0.718. The van der Waals surface area contributed by atoms with Crippen LogP contribution in [0.15, 0.2) is 0 Å². The molecule has 2 fully saturated rings. The average Bonchev–Trinajstić information content (AvgIpc) is 2.38. The molecule has 1 saturated heterocycles. The van der Waals surface area contributed by atoms with Crippen molar-refractivity contribution in [3.05, 3.63) is 0 Å². The average molecular weight is 296 g/mol. The SMILES string of the molecule is CC(C)NC1(C(=O)O)CCCC(N2CCC(C)(C)CC2)C1. The highest BCUT2D eigenvalue weighted by Crippen LogP contribution is 2.36. The lowest BCUT2D eigenvalue weighted by Crippen LogP contribution is -2.60. The second-order valence-electron chi connectivity index (χ2n) is 8.14. The summed E-state index contributed by atoms with van der Waals surface area (Å²) < 4.78 is 0. The third kappa shape index (κ3) is 3.98. The number of hydrogen-bond acceptors (Lipinski definition) is 3. The van der Waals surface area contributed by atoms with Gasteiger partial charge in [0.1, 0.15) is 5.54 Å². The first-order chi connectivity index (χ1) is 9.74. The maximum Gasteiger partial charge on any atom is 0.323 e. The van der Waals surface area contributed by atoms with Crippen molar-refractivity contribution in [2.45, 2.75) is 83.8 Å². The van der Waals surface area contributed by atoms with Crippen LogP contribution in [0, 0.1) is 5.41 Å². The van der Waals surface area contributed by atoms with Gasteiger partial charge in [-0.15, -0.1) is 0 Å². The molecule has 2 aliphatic rings. The maximum absolute atomic E-state index is 11.9. The quantitative estimate of drug-likeness (QED) is 0.837. The Kier molecular flexibility index (Phi) is 4.99. The van der Waals surface area contributed by atoms with Crippen molar-refractivity contribution in [3.8, 4) is 0 Å². The Bertz CT molecular complexity index is 371. The summed E-state index contributed by atoms with van der Waals surface area (Å²) in [4.78, 5) is 14.4. The summed E-state index contributed by atoms with van der Waals surface area (Å²) >= 11 is 0. The lowest BCUT2D eigenvalue weighted by atomic mass is 9.76. The van der Waals surface area contributed by atoms with E-state index in [1.165, 1.54) is 12.8 Å². The van der Waals surface area contributed by atoms with E-state index >= 15 is 0 Å².